The molecule has 110 valence electrons. The zero-order valence-electron chi connectivity index (χ0n) is 10.9. The molecule has 0 saturated carbocycles. The molecule has 0 aliphatic carbocycles. The molecule has 0 aliphatic heterocycles. The van der Waals surface area contributed by atoms with Gasteiger partial charge in [-0.15, -0.1) is 11.3 Å². The van der Waals surface area contributed by atoms with E-state index < -0.39 is 10.9 Å². The summed E-state index contributed by atoms with van der Waals surface area (Å²) in [5, 5.41) is 21.5. The fraction of sp³-hybridized carbons (Fsp3) is 0.154. The normalized spacial score (nSPS) is 10.3. The molecule has 0 aliphatic rings. The molecule has 2 rings (SSSR count). The molecule has 2 aromatic rings. The molecular formula is C13H11NO5S2. The average Bonchev–Trinajstić information content (AvgIpc) is 2.88. The van der Waals surface area contributed by atoms with Gasteiger partial charge in [-0.2, -0.15) is 0 Å². The Labute approximate surface area is 128 Å². The molecular weight excluding hydrogens is 314 g/mol. The highest BCUT2D eigenvalue weighted by atomic mass is 32.2. The Balaban J connectivity index is 2.25. The van der Waals surface area contributed by atoms with Crippen LogP contribution >= 0.6 is 23.1 Å². The maximum atomic E-state index is 10.9. The molecule has 0 fully saturated rings. The molecule has 8 heteroatoms. The second-order valence-corrected chi connectivity index (χ2v) is 5.93. The summed E-state index contributed by atoms with van der Waals surface area (Å²) in [6, 6.07) is 6.16. The Kier molecular flexibility index (Phi) is 4.81. The van der Waals surface area contributed by atoms with E-state index in [9.17, 15) is 14.9 Å². The van der Waals surface area contributed by atoms with Crippen LogP contribution in [-0.2, 0) is 0 Å². The van der Waals surface area contributed by atoms with Crippen molar-refractivity contribution in [3.05, 3.63) is 44.6 Å². The minimum atomic E-state index is -0.967. The topological polar surface area (TPSA) is 89.7 Å². The van der Waals surface area contributed by atoms with Crippen molar-refractivity contribution in [2.75, 3.05) is 6.61 Å². The third-order valence-corrected chi connectivity index (χ3v) is 4.48. The van der Waals surface area contributed by atoms with Gasteiger partial charge in [-0.3, -0.25) is 10.1 Å². The smallest absolute Gasteiger partial charge is 0.345 e. The first-order chi connectivity index (χ1) is 10.0. The average molecular weight is 325 g/mol. The maximum Gasteiger partial charge on any atom is 0.345 e. The number of nitro groups is 1. The van der Waals surface area contributed by atoms with E-state index in [4.69, 9.17) is 9.84 Å². The summed E-state index contributed by atoms with van der Waals surface area (Å²) < 4.78 is 5.27. The van der Waals surface area contributed by atoms with Gasteiger partial charge in [0.15, 0.2) is 5.75 Å². The lowest BCUT2D eigenvalue weighted by atomic mass is 10.3. The van der Waals surface area contributed by atoms with Gasteiger partial charge in [-0.1, -0.05) is 11.8 Å². The van der Waals surface area contributed by atoms with Gasteiger partial charge in [-0.25, -0.2) is 4.79 Å². The van der Waals surface area contributed by atoms with Gasteiger partial charge in [-0.05, 0) is 19.1 Å². The lowest BCUT2D eigenvalue weighted by Crippen LogP contribution is -1.97. The minimum Gasteiger partial charge on any atom is -0.487 e. The summed E-state index contributed by atoms with van der Waals surface area (Å²) in [5.74, 6) is -0.758. The van der Waals surface area contributed by atoms with Crippen LogP contribution in [0.5, 0.6) is 5.75 Å². The van der Waals surface area contributed by atoms with Crippen molar-refractivity contribution < 1.29 is 19.6 Å². The van der Waals surface area contributed by atoms with Crippen molar-refractivity contribution in [1.82, 2.24) is 0 Å². The Morgan fingerprint density at radius 2 is 2.19 bits per heavy atom. The predicted octanol–water partition coefficient (Wildman–Crippen LogP) is 3.90. The van der Waals surface area contributed by atoms with E-state index in [2.05, 4.69) is 0 Å². The Hall–Kier alpha value is -2.06. The molecule has 21 heavy (non-hydrogen) atoms. The molecule has 1 aromatic heterocycles. The van der Waals surface area contributed by atoms with Crippen LogP contribution in [-0.4, -0.2) is 22.6 Å². The van der Waals surface area contributed by atoms with Gasteiger partial charge in [0.05, 0.1) is 11.5 Å². The number of rotatable bonds is 6. The van der Waals surface area contributed by atoms with Gasteiger partial charge in [0.25, 0.3) is 0 Å². The van der Waals surface area contributed by atoms with Crippen LogP contribution < -0.4 is 4.74 Å². The highest BCUT2D eigenvalue weighted by molar-refractivity contribution is 7.99. The van der Waals surface area contributed by atoms with Gasteiger partial charge >= 0.3 is 11.7 Å². The number of nitrogens with zero attached hydrogens (tertiary/aromatic N) is 1. The third-order valence-electron chi connectivity index (χ3n) is 2.45. The second kappa shape index (κ2) is 6.59. The van der Waals surface area contributed by atoms with Gasteiger partial charge in [0.1, 0.15) is 4.88 Å². The Morgan fingerprint density at radius 3 is 2.76 bits per heavy atom. The number of thiophene rings is 1. The zero-order valence-corrected chi connectivity index (χ0v) is 12.6. The molecule has 1 heterocycles. The molecule has 0 unspecified atom stereocenters. The first-order valence-corrected chi connectivity index (χ1v) is 7.61. The van der Waals surface area contributed by atoms with Crippen molar-refractivity contribution in [1.29, 1.82) is 0 Å². The number of ether oxygens (including phenoxy) is 1. The number of carboxylic acid groups (broad SMARTS) is 1. The van der Waals surface area contributed by atoms with Crippen LogP contribution in [0.1, 0.15) is 16.6 Å². The number of hydrogen-bond acceptors (Lipinski definition) is 6. The van der Waals surface area contributed by atoms with Crippen LogP contribution in [0.2, 0.25) is 0 Å². The Bertz CT molecular complexity index is 683. The lowest BCUT2D eigenvalue weighted by Gasteiger charge is -2.06. The standard InChI is InChI=1S/C13H11NO5S2/c1-2-19-11-5-8(3-4-10(11)14(17)18)21-9-6-12(13(15)16)20-7-9/h3-7H,2H2,1H3,(H,15,16). The van der Waals surface area contributed by atoms with Crippen molar-refractivity contribution >= 4 is 34.8 Å². The summed E-state index contributed by atoms with van der Waals surface area (Å²) in [6.07, 6.45) is 0. The Morgan fingerprint density at radius 1 is 1.43 bits per heavy atom. The highest BCUT2D eigenvalue weighted by Crippen LogP contribution is 2.36. The van der Waals surface area contributed by atoms with Gasteiger partial charge < -0.3 is 9.84 Å². The van der Waals surface area contributed by atoms with E-state index in [-0.39, 0.29) is 16.3 Å². The molecule has 1 N–H and O–H groups in total. The summed E-state index contributed by atoms with van der Waals surface area (Å²) >= 11 is 2.47. The lowest BCUT2D eigenvalue weighted by molar-refractivity contribution is -0.385. The van der Waals surface area contributed by atoms with E-state index in [0.29, 0.717) is 6.61 Å². The summed E-state index contributed by atoms with van der Waals surface area (Å²) in [7, 11) is 0. The molecule has 0 spiro atoms. The SMILES string of the molecule is CCOc1cc(Sc2csc(C(=O)O)c2)ccc1[N+](=O)[O-]. The van der Waals surface area contributed by atoms with Gasteiger partial charge in [0.2, 0.25) is 0 Å². The largest absolute Gasteiger partial charge is 0.487 e. The van der Waals surface area contributed by atoms with Gasteiger partial charge in [0, 0.05) is 27.3 Å². The predicted molar refractivity (Wildman–Crippen MR) is 79.7 cm³/mol. The van der Waals surface area contributed by atoms with E-state index in [1.807, 2.05) is 0 Å². The monoisotopic (exact) mass is 325 g/mol. The summed E-state index contributed by atoms with van der Waals surface area (Å²) in [6.45, 7) is 2.08. The molecule has 0 atom stereocenters. The summed E-state index contributed by atoms with van der Waals surface area (Å²) in [5.41, 5.74) is -0.0854. The van der Waals surface area contributed by atoms with Crippen LogP contribution in [0.25, 0.3) is 0 Å². The molecule has 0 radical (unpaired) electrons. The van der Waals surface area contributed by atoms with E-state index in [1.54, 1.807) is 30.5 Å². The molecule has 0 amide bonds. The quantitative estimate of drug-likeness (QED) is 0.640. The summed E-state index contributed by atoms with van der Waals surface area (Å²) in [4.78, 5) is 23.0. The van der Waals surface area contributed by atoms with Crippen LogP contribution in [0.4, 0.5) is 5.69 Å². The molecule has 1 aromatic carbocycles. The van der Waals surface area contributed by atoms with Crippen LogP contribution in [0.3, 0.4) is 0 Å². The van der Waals surface area contributed by atoms with E-state index >= 15 is 0 Å². The first-order valence-electron chi connectivity index (χ1n) is 5.92. The van der Waals surface area contributed by atoms with Crippen LogP contribution in [0.15, 0.2) is 39.4 Å². The molecule has 0 bridgehead atoms. The molecule has 6 nitrogen and oxygen atoms in total. The molecule has 0 saturated heterocycles. The number of carbonyl (C=O) groups is 1. The van der Waals surface area contributed by atoms with E-state index in [0.717, 1.165) is 21.1 Å². The third kappa shape index (κ3) is 3.73. The minimum absolute atomic E-state index is 0.0854. The number of benzene rings is 1. The van der Waals surface area contributed by atoms with Crippen molar-refractivity contribution in [2.24, 2.45) is 0 Å². The van der Waals surface area contributed by atoms with E-state index in [1.165, 1.54) is 17.8 Å². The number of nitro benzene ring substituents is 1. The number of hydrogen-bond donors (Lipinski definition) is 1. The van der Waals surface area contributed by atoms with Crippen molar-refractivity contribution in [3.63, 3.8) is 0 Å². The fourth-order valence-electron chi connectivity index (χ4n) is 1.60. The van der Waals surface area contributed by atoms with Crippen LogP contribution in [0, 0.1) is 10.1 Å². The fourth-order valence-corrected chi connectivity index (χ4v) is 3.37. The zero-order chi connectivity index (χ0) is 15.4. The maximum absolute atomic E-state index is 10.9. The highest BCUT2D eigenvalue weighted by Gasteiger charge is 2.16. The number of aromatic carboxylic acids is 1. The van der Waals surface area contributed by atoms with Crippen molar-refractivity contribution in [3.8, 4) is 5.75 Å². The number of carboxylic acids is 1. The second-order valence-electron chi connectivity index (χ2n) is 3.87. The van der Waals surface area contributed by atoms with Crippen molar-refractivity contribution in [2.45, 2.75) is 16.7 Å². The first kappa shape index (κ1) is 15.3.